The van der Waals surface area contributed by atoms with Crippen LogP contribution in [0.3, 0.4) is 0 Å². The lowest BCUT2D eigenvalue weighted by Gasteiger charge is -2.06. The van der Waals surface area contributed by atoms with Gasteiger partial charge in [-0.25, -0.2) is 9.97 Å². The summed E-state index contributed by atoms with van der Waals surface area (Å²) in [4.78, 5) is 13.2. The molecule has 2 N–H and O–H groups in total. The number of aromatic nitrogens is 4. The van der Waals surface area contributed by atoms with Gasteiger partial charge in [-0.3, -0.25) is 9.55 Å². The highest BCUT2D eigenvalue weighted by Crippen LogP contribution is 2.20. The van der Waals surface area contributed by atoms with Crippen LogP contribution in [-0.4, -0.2) is 19.5 Å². The van der Waals surface area contributed by atoms with E-state index in [1.807, 2.05) is 35.8 Å². The van der Waals surface area contributed by atoms with Gasteiger partial charge in [-0.15, -0.1) is 0 Å². The van der Waals surface area contributed by atoms with E-state index in [1.165, 1.54) is 0 Å². The fourth-order valence-corrected chi connectivity index (χ4v) is 2.33. The fraction of sp³-hybridized carbons (Fsp3) is 0.154. The summed E-state index contributed by atoms with van der Waals surface area (Å²) in [5.41, 5.74) is 9.43. The fourth-order valence-electron chi connectivity index (χ4n) is 2.01. The Labute approximate surface area is 118 Å². The molecule has 0 amide bonds. The molecule has 0 aliphatic carbocycles. The second kappa shape index (κ2) is 4.62. The number of anilines is 1. The lowest BCUT2D eigenvalue weighted by molar-refractivity contribution is 0.796. The van der Waals surface area contributed by atoms with Crippen molar-refractivity contribution in [2.75, 3.05) is 5.73 Å². The normalized spacial score (nSPS) is 11.1. The molecule has 5 nitrogen and oxygen atoms in total. The number of nitrogens with two attached hydrogens (primary N) is 1. The minimum Gasteiger partial charge on any atom is -0.369 e. The van der Waals surface area contributed by atoms with Crippen molar-refractivity contribution in [2.24, 2.45) is 0 Å². The monoisotopic (exact) mass is 317 g/mol. The zero-order valence-corrected chi connectivity index (χ0v) is 11.9. The Morgan fingerprint density at radius 2 is 2.16 bits per heavy atom. The quantitative estimate of drug-likeness (QED) is 0.788. The Kier molecular flexibility index (Phi) is 2.94. The molecule has 3 aromatic heterocycles. The smallest absolute Gasteiger partial charge is 0.202 e. The number of fused-ring (bicyclic) bond motifs is 1. The second-order valence-corrected chi connectivity index (χ2v) is 5.24. The molecule has 0 radical (unpaired) electrons. The number of nitrogen functional groups attached to an aromatic ring is 1. The third-order valence-electron chi connectivity index (χ3n) is 2.85. The van der Waals surface area contributed by atoms with Crippen molar-refractivity contribution in [1.82, 2.24) is 19.5 Å². The zero-order chi connectivity index (χ0) is 13.4. The molecule has 0 aromatic carbocycles. The Morgan fingerprint density at radius 1 is 1.32 bits per heavy atom. The molecule has 0 atom stereocenters. The number of pyridine rings is 2. The van der Waals surface area contributed by atoms with Gasteiger partial charge in [-0.1, -0.05) is 6.07 Å². The van der Waals surface area contributed by atoms with Gasteiger partial charge >= 0.3 is 0 Å². The summed E-state index contributed by atoms with van der Waals surface area (Å²) < 4.78 is 2.75. The first-order chi connectivity index (χ1) is 9.13. The molecule has 3 aromatic rings. The molecule has 0 saturated heterocycles. The van der Waals surface area contributed by atoms with E-state index in [0.29, 0.717) is 12.5 Å². The molecule has 0 aliphatic rings. The van der Waals surface area contributed by atoms with E-state index in [1.54, 1.807) is 6.20 Å². The van der Waals surface area contributed by atoms with Crippen LogP contribution < -0.4 is 5.73 Å². The van der Waals surface area contributed by atoms with Crippen molar-refractivity contribution in [1.29, 1.82) is 0 Å². The van der Waals surface area contributed by atoms with Gasteiger partial charge < -0.3 is 5.73 Å². The van der Waals surface area contributed by atoms with Crippen LogP contribution in [0, 0.1) is 6.92 Å². The van der Waals surface area contributed by atoms with Crippen molar-refractivity contribution < 1.29 is 0 Å². The molecule has 0 unspecified atom stereocenters. The summed E-state index contributed by atoms with van der Waals surface area (Å²) in [6.07, 6.45) is 1.74. The molecule has 3 rings (SSSR count). The van der Waals surface area contributed by atoms with Gasteiger partial charge in [0.05, 0.1) is 12.2 Å². The first-order valence-corrected chi connectivity index (χ1v) is 6.62. The Morgan fingerprint density at radius 3 is 2.95 bits per heavy atom. The van der Waals surface area contributed by atoms with Crippen LogP contribution in [0.5, 0.6) is 0 Å². The second-order valence-electron chi connectivity index (χ2n) is 4.32. The van der Waals surface area contributed by atoms with E-state index < -0.39 is 0 Å². The molecule has 0 aliphatic heterocycles. The minimum atomic E-state index is 0.448. The predicted octanol–water partition coefficient (Wildman–Crippen LogP) is 2.53. The van der Waals surface area contributed by atoms with Crippen LogP contribution in [0.2, 0.25) is 0 Å². The lowest BCUT2D eigenvalue weighted by Crippen LogP contribution is -2.07. The van der Waals surface area contributed by atoms with Gasteiger partial charge in [-0.2, -0.15) is 0 Å². The number of hydrogen-bond acceptors (Lipinski definition) is 4. The molecule has 6 heteroatoms. The van der Waals surface area contributed by atoms with Crippen LogP contribution in [0.25, 0.3) is 11.2 Å². The molecule has 0 spiro atoms. The average molecular weight is 318 g/mol. The van der Waals surface area contributed by atoms with Crippen LogP contribution in [-0.2, 0) is 6.54 Å². The molecular formula is C13H12BrN5. The highest BCUT2D eigenvalue weighted by Gasteiger charge is 2.10. The summed E-state index contributed by atoms with van der Waals surface area (Å²) >= 11 is 3.38. The summed E-state index contributed by atoms with van der Waals surface area (Å²) in [6, 6.07) is 7.82. The van der Waals surface area contributed by atoms with Crippen molar-refractivity contribution >= 4 is 33.0 Å². The van der Waals surface area contributed by atoms with E-state index in [2.05, 4.69) is 30.9 Å². The highest BCUT2D eigenvalue weighted by molar-refractivity contribution is 9.10. The summed E-state index contributed by atoms with van der Waals surface area (Å²) in [5.74, 6) is 0.448. The maximum atomic E-state index is 5.96. The molecule has 96 valence electrons. The first kappa shape index (κ1) is 12.1. The van der Waals surface area contributed by atoms with Crippen molar-refractivity contribution in [3.8, 4) is 0 Å². The number of rotatable bonds is 2. The predicted molar refractivity (Wildman–Crippen MR) is 77.7 cm³/mol. The van der Waals surface area contributed by atoms with Crippen LogP contribution in [0.15, 0.2) is 34.9 Å². The number of imidazole rings is 1. The van der Waals surface area contributed by atoms with Crippen molar-refractivity contribution in [3.05, 3.63) is 46.3 Å². The number of nitrogens with zero attached hydrogens (tertiary/aromatic N) is 4. The van der Waals surface area contributed by atoms with Crippen LogP contribution >= 0.6 is 15.9 Å². The number of halogens is 1. The Bertz CT molecular complexity index is 750. The van der Waals surface area contributed by atoms with E-state index in [0.717, 1.165) is 27.0 Å². The zero-order valence-electron chi connectivity index (χ0n) is 10.3. The van der Waals surface area contributed by atoms with Crippen molar-refractivity contribution in [2.45, 2.75) is 13.5 Å². The van der Waals surface area contributed by atoms with Gasteiger partial charge in [0.2, 0.25) is 5.95 Å². The standard InChI is InChI=1S/C13H12BrN5/c1-8-3-2-4-10(17-8)7-19-12-11(18-13(19)15)5-9(14)6-16-12/h2-6H,7H2,1H3,(H2,15,18). The van der Waals surface area contributed by atoms with E-state index >= 15 is 0 Å². The molecule has 0 bridgehead atoms. The van der Waals surface area contributed by atoms with Gasteiger partial charge in [-0.05, 0) is 41.1 Å². The maximum Gasteiger partial charge on any atom is 0.202 e. The number of hydrogen-bond donors (Lipinski definition) is 1. The molecule has 19 heavy (non-hydrogen) atoms. The minimum absolute atomic E-state index is 0.448. The Balaban J connectivity index is 2.07. The summed E-state index contributed by atoms with van der Waals surface area (Å²) in [6.45, 7) is 2.53. The SMILES string of the molecule is Cc1cccc(Cn2c(N)nc3cc(Br)cnc32)n1. The third kappa shape index (κ3) is 2.31. The summed E-state index contributed by atoms with van der Waals surface area (Å²) in [5, 5.41) is 0. The van der Waals surface area contributed by atoms with E-state index in [-0.39, 0.29) is 0 Å². The maximum absolute atomic E-state index is 5.96. The van der Waals surface area contributed by atoms with E-state index in [4.69, 9.17) is 5.73 Å². The number of aryl methyl sites for hydroxylation is 1. The van der Waals surface area contributed by atoms with Crippen molar-refractivity contribution in [3.63, 3.8) is 0 Å². The molecule has 0 fully saturated rings. The van der Waals surface area contributed by atoms with Crippen LogP contribution in [0.1, 0.15) is 11.4 Å². The average Bonchev–Trinajstić information content (AvgIpc) is 2.65. The molecular weight excluding hydrogens is 306 g/mol. The molecule has 0 saturated carbocycles. The van der Waals surface area contributed by atoms with Gasteiger partial charge in [0, 0.05) is 16.4 Å². The van der Waals surface area contributed by atoms with Gasteiger partial charge in [0.15, 0.2) is 5.65 Å². The van der Waals surface area contributed by atoms with Gasteiger partial charge in [0.25, 0.3) is 0 Å². The summed E-state index contributed by atoms with van der Waals surface area (Å²) in [7, 11) is 0. The molecule has 3 heterocycles. The Hall–Kier alpha value is -1.95. The third-order valence-corrected chi connectivity index (χ3v) is 3.28. The van der Waals surface area contributed by atoms with Gasteiger partial charge in [0.1, 0.15) is 5.52 Å². The lowest BCUT2D eigenvalue weighted by atomic mass is 10.3. The first-order valence-electron chi connectivity index (χ1n) is 5.83. The topological polar surface area (TPSA) is 69.6 Å². The van der Waals surface area contributed by atoms with Crippen LogP contribution in [0.4, 0.5) is 5.95 Å². The largest absolute Gasteiger partial charge is 0.369 e. The highest BCUT2D eigenvalue weighted by atomic mass is 79.9. The van der Waals surface area contributed by atoms with E-state index in [9.17, 15) is 0 Å².